The lowest BCUT2D eigenvalue weighted by Gasteiger charge is -2.36. The molecular weight excluding hydrogens is 1270 g/mol. The van der Waals surface area contributed by atoms with Gasteiger partial charge in [0, 0.05) is 44.8 Å². The van der Waals surface area contributed by atoms with E-state index in [1.54, 1.807) is 0 Å². The summed E-state index contributed by atoms with van der Waals surface area (Å²) in [6, 6.07) is 139. The predicted molar refractivity (Wildman–Crippen MR) is 434 cm³/mol. The molecule has 0 fully saturated rings. The van der Waals surface area contributed by atoms with E-state index in [2.05, 4.69) is 401 Å². The topological polar surface area (TPSA) is 19.6 Å². The summed E-state index contributed by atoms with van der Waals surface area (Å²) in [5.41, 5.74) is 37.8. The lowest BCUT2D eigenvalue weighted by molar-refractivity contribution is 0.669. The minimum absolute atomic E-state index is 0.504. The molecule has 3 nitrogen and oxygen atoms in total. The van der Waals surface area contributed by atoms with Crippen LogP contribution in [0.5, 0.6) is 0 Å². The van der Waals surface area contributed by atoms with Gasteiger partial charge in [-0.2, -0.15) is 0 Å². The number of anilines is 6. The van der Waals surface area contributed by atoms with Crippen molar-refractivity contribution < 1.29 is 4.42 Å². The fourth-order valence-corrected chi connectivity index (χ4v) is 19.4. The SMILES string of the molecule is Cc1ccc2c(c1)C(c1ccccc1)(c1ccccc1)c1cc(N(c3ccc(-c4ccc(N(c5ccc6oc7ccccc7c6c5)c5cccc6c5-c5ccccc5C65c6ccccc6-c6ccccc65)cc4)c(C)c3)c3ccc4c(c3)C(c3ccccc3)(c3ccccc3)c3cc(C)ccc3-4)ccc1-2. The van der Waals surface area contributed by atoms with Crippen LogP contribution in [0, 0.1) is 20.8 Å². The van der Waals surface area contributed by atoms with E-state index in [1.807, 2.05) is 0 Å². The number of benzene rings is 16. The van der Waals surface area contributed by atoms with Crippen molar-refractivity contribution in [3.05, 3.63) is 454 Å². The van der Waals surface area contributed by atoms with Crippen LogP contribution in [-0.4, -0.2) is 0 Å². The van der Waals surface area contributed by atoms with Crippen LogP contribution >= 0.6 is 0 Å². The van der Waals surface area contributed by atoms with E-state index in [-0.39, 0.29) is 0 Å². The Balaban J connectivity index is 0.747. The summed E-state index contributed by atoms with van der Waals surface area (Å²) in [6.45, 7) is 6.75. The lowest BCUT2D eigenvalue weighted by atomic mass is 9.67. The average molecular weight is 1340 g/mol. The molecule has 0 aliphatic heterocycles. The molecule has 1 heterocycles. The molecule has 0 N–H and O–H groups in total. The van der Waals surface area contributed by atoms with Gasteiger partial charge in [0.05, 0.1) is 21.9 Å². The second kappa shape index (κ2) is 23.2. The van der Waals surface area contributed by atoms with Gasteiger partial charge >= 0.3 is 0 Å². The van der Waals surface area contributed by atoms with E-state index in [4.69, 9.17) is 4.42 Å². The van der Waals surface area contributed by atoms with Crippen LogP contribution in [0.2, 0.25) is 0 Å². The van der Waals surface area contributed by atoms with E-state index in [9.17, 15) is 0 Å². The highest BCUT2D eigenvalue weighted by Gasteiger charge is 2.53. The van der Waals surface area contributed by atoms with E-state index < -0.39 is 16.2 Å². The summed E-state index contributed by atoms with van der Waals surface area (Å²) in [7, 11) is 0. The maximum Gasteiger partial charge on any atom is 0.135 e. The van der Waals surface area contributed by atoms with Crippen LogP contribution in [0.25, 0.3) is 77.6 Å². The molecule has 0 atom stereocenters. The van der Waals surface area contributed by atoms with Crippen molar-refractivity contribution >= 4 is 56.1 Å². The second-order valence-electron chi connectivity index (χ2n) is 29.1. The molecule has 0 radical (unpaired) electrons. The Labute approximate surface area is 612 Å². The van der Waals surface area contributed by atoms with Crippen LogP contribution in [0.3, 0.4) is 0 Å². The van der Waals surface area contributed by atoms with E-state index in [1.165, 1.54) is 128 Å². The maximum atomic E-state index is 6.53. The molecule has 21 rings (SSSR count). The van der Waals surface area contributed by atoms with Gasteiger partial charge < -0.3 is 14.2 Å². The fourth-order valence-electron chi connectivity index (χ4n) is 19.4. The second-order valence-corrected chi connectivity index (χ2v) is 29.1. The zero-order valence-corrected chi connectivity index (χ0v) is 58.5. The molecule has 0 saturated heterocycles. The third kappa shape index (κ3) is 8.61. The van der Waals surface area contributed by atoms with E-state index in [0.29, 0.717) is 0 Å². The third-order valence-corrected chi connectivity index (χ3v) is 23.7. The summed E-state index contributed by atoms with van der Waals surface area (Å²) >= 11 is 0. The molecule has 494 valence electrons. The molecule has 4 aliphatic carbocycles. The van der Waals surface area contributed by atoms with Crippen LogP contribution in [0.15, 0.2) is 374 Å². The molecule has 1 aromatic heterocycles. The van der Waals surface area contributed by atoms with Crippen LogP contribution in [-0.2, 0) is 16.2 Å². The summed E-state index contributed by atoms with van der Waals surface area (Å²) < 4.78 is 6.53. The van der Waals surface area contributed by atoms with Crippen molar-refractivity contribution in [3.8, 4) is 55.6 Å². The van der Waals surface area contributed by atoms with Crippen LogP contribution in [0.4, 0.5) is 34.1 Å². The minimum Gasteiger partial charge on any atom is -0.456 e. The molecule has 0 saturated carbocycles. The normalized spacial score (nSPS) is 13.9. The van der Waals surface area contributed by atoms with Gasteiger partial charge in [0.1, 0.15) is 11.2 Å². The molecule has 0 unspecified atom stereocenters. The van der Waals surface area contributed by atoms with Crippen LogP contribution in [0.1, 0.15) is 83.5 Å². The fraction of sp³-hybridized carbons (Fsp3) is 0.0588. The molecule has 105 heavy (non-hydrogen) atoms. The number of hydrogen-bond acceptors (Lipinski definition) is 3. The molecular formula is C102H70N2O. The van der Waals surface area contributed by atoms with Gasteiger partial charge in [-0.3, -0.25) is 0 Å². The highest BCUT2D eigenvalue weighted by molar-refractivity contribution is 6.08. The summed E-state index contributed by atoms with van der Waals surface area (Å²) in [5, 5.41) is 2.17. The van der Waals surface area contributed by atoms with Gasteiger partial charge in [0.25, 0.3) is 0 Å². The van der Waals surface area contributed by atoms with Gasteiger partial charge in [-0.15, -0.1) is 0 Å². The van der Waals surface area contributed by atoms with Crippen molar-refractivity contribution in [2.24, 2.45) is 0 Å². The molecule has 4 aliphatic rings. The maximum absolute atomic E-state index is 6.53. The van der Waals surface area contributed by atoms with Gasteiger partial charge in [0.2, 0.25) is 0 Å². The minimum atomic E-state index is -0.613. The van der Waals surface area contributed by atoms with Crippen molar-refractivity contribution in [3.63, 3.8) is 0 Å². The van der Waals surface area contributed by atoms with Crippen molar-refractivity contribution in [2.75, 3.05) is 9.80 Å². The Hall–Kier alpha value is -13.1. The van der Waals surface area contributed by atoms with Crippen molar-refractivity contribution in [2.45, 2.75) is 37.0 Å². The number of para-hydroxylation sites is 1. The standard InChI is InChI=1S/C102H70N2O/c1-65-43-53-81-83-56-50-76(63-94(83)100(92(81)59-65,69-25-8-4-9-26-69)70-27-10-5-11-28-70)103(77-51-57-84-82-54-44-66(2)60-93(82)101(95(84)64-77,71-29-12-6-13-30-71)72-31-14-7-15-32-72)74-49-55-78(67(3)61-74)68-45-47-73(48-46-68)104(75-52-58-98-87(62-75)85-35-19-23-42-97(85)105-98)96-41-24-40-91-99(96)86-36-18-22-39-90(86)102(91)88-37-20-16-33-79(88)80-34-17-21-38-89(80)102/h4-64H,1-3H3. The smallest absolute Gasteiger partial charge is 0.135 e. The zero-order valence-electron chi connectivity index (χ0n) is 58.5. The Morgan fingerprint density at radius 2 is 0.610 bits per heavy atom. The molecule has 3 heteroatoms. The Morgan fingerprint density at radius 3 is 1.13 bits per heavy atom. The molecule has 16 aromatic carbocycles. The number of nitrogens with zero attached hydrogens (tertiary/aromatic N) is 2. The number of fused-ring (bicyclic) bond motifs is 19. The number of aryl methyl sites for hydroxylation is 3. The first-order chi connectivity index (χ1) is 51.8. The lowest BCUT2D eigenvalue weighted by Crippen LogP contribution is -2.29. The molecule has 1 spiro atoms. The molecule has 17 aromatic rings. The predicted octanol–water partition coefficient (Wildman–Crippen LogP) is 26.2. The summed E-state index contributed by atoms with van der Waals surface area (Å²) in [4.78, 5) is 5.02. The zero-order chi connectivity index (χ0) is 69.7. The number of hydrogen-bond donors (Lipinski definition) is 0. The quantitative estimate of drug-likeness (QED) is 0.129. The summed E-state index contributed by atoms with van der Waals surface area (Å²) in [5.74, 6) is 0. The van der Waals surface area contributed by atoms with Crippen molar-refractivity contribution in [1.29, 1.82) is 0 Å². The third-order valence-electron chi connectivity index (χ3n) is 23.7. The number of furan rings is 1. The van der Waals surface area contributed by atoms with Crippen molar-refractivity contribution in [1.82, 2.24) is 0 Å². The Bertz CT molecular complexity index is 6070. The number of rotatable bonds is 11. The first kappa shape index (κ1) is 60.7. The molecule has 0 amide bonds. The van der Waals surface area contributed by atoms with E-state index in [0.717, 1.165) is 67.2 Å². The van der Waals surface area contributed by atoms with Crippen LogP contribution < -0.4 is 9.80 Å². The monoisotopic (exact) mass is 1340 g/mol. The summed E-state index contributed by atoms with van der Waals surface area (Å²) in [6.07, 6.45) is 0. The van der Waals surface area contributed by atoms with E-state index >= 15 is 0 Å². The van der Waals surface area contributed by atoms with Gasteiger partial charge in [-0.25, -0.2) is 0 Å². The van der Waals surface area contributed by atoms with Gasteiger partial charge in [-0.1, -0.05) is 302 Å². The van der Waals surface area contributed by atoms with Gasteiger partial charge in [-0.05, 0) is 222 Å². The Kier molecular flexibility index (Phi) is 13.4. The first-order valence-electron chi connectivity index (χ1n) is 36.7. The molecule has 0 bridgehead atoms. The highest BCUT2D eigenvalue weighted by Crippen LogP contribution is 2.66. The largest absolute Gasteiger partial charge is 0.456 e. The Morgan fingerprint density at radius 1 is 0.229 bits per heavy atom. The first-order valence-corrected chi connectivity index (χ1v) is 36.7. The average Bonchev–Trinajstić information content (AvgIpc) is 1.47. The highest BCUT2D eigenvalue weighted by atomic mass is 16.3. The van der Waals surface area contributed by atoms with Gasteiger partial charge in [0.15, 0.2) is 0 Å².